The summed E-state index contributed by atoms with van der Waals surface area (Å²) in [5, 5.41) is 3.10. The molecule has 0 bridgehead atoms. The average Bonchev–Trinajstić information content (AvgIpc) is 3.04. The molecule has 114 valence electrons. The largest absolute Gasteiger partial charge is 0.447 e. The second kappa shape index (κ2) is 6.51. The molecular formula is C13H22N2O3S2. The van der Waals surface area contributed by atoms with Gasteiger partial charge in [-0.1, -0.05) is 6.92 Å². The first-order valence-corrected chi connectivity index (χ1v) is 9.35. The van der Waals surface area contributed by atoms with Gasteiger partial charge in [0.25, 0.3) is 10.0 Å². The second-order valence-electron chi connectivity index (χ2n) is 5.23. The van der Waals surface area contributed by atoms with Crippen molar-refractivity contribution in [3.05, 3.63) is 17.9 Å². The van der Waals surface area contributed by atoms with E-state index in [0.29, 0.717) is 18.8 Å². The lowest BCUT2D eigenvalue weighted by Gasteiger charge is -2.22. The van der Waals surface area contributed by atoms with Gasteiger partial charge in [-0.15, -0.1) is 0 Å². The zero-order chi connectivity index (χ0) is 14.6. The van der Waals surface area contributed by atoms with Crippen LogP contribution in [-0.4, -0.2) is 32.0 Å². The zero-order valence-electron chi connectivity index (χ0n) is 11.9. The highest BCUT2D eigenvalue weighted by Crippen LogP contribution is 2.37. The van der Waals surface area contributed by atoms with Crippen molar-refractivity contribution < 1.29 is 12.8 Å². The van der Waals surface area contributed by atoms with Gasteiger partial charge in [-0.3, -0.25) is 0 Å². The molecule has 2 heterocycles. The Morgan fingerprint density at radius 1 is 1.45 bits per heavy atom. The molecule has 1 saturated heterocycles. The monoisotopic (exact) mass is 318 g/mol. The molecule has 2 N–H and O–H groups in total. The third-order valence-electron chi connectivity index (χ3n) is 3.39. The molecule has 0 amide bonds. The van der Waals surface area contributed by atoms with E-state index >= 15 is 0 Å². The quantitative estimate of drug-likeness (QED) is 0.804. The fourth-order valence-electron chi connectivity index (χ4n) is 2.14. The van der Waals surface area contributed by atoms with E-state index < -0.39 is 10.0 Å². The van der Waals surface area contributed by atoms with Gasteiger partial charge >= 0.3 is 0 Å². The van der Waals surface area contributed by atoms with Crippen molar-refractivity contribution in [3.8, 4) is 0 Å². The summed E-state index contributed by atoms with van der Waals surface area (Å²) in [5.41, 5.74) is 0. The third kappa shape index (κ3) is 4.00. The van der Waals surface area contributed by atoms with Gasteiger partial charge in [0.15, 0.2) is 0 Å². The van der Waals surface area contributed by atoms with Gasteiger partial charge < -0.3 is 9.73 Å². The predicted molar refractivity (Wildman–Crippen MR) is 81.4 cm³/mol. The number of sulfonamides is 1. The minimum Gasteiger partial charge on any atom is -0.447 e. The summed E-state index contributed by atoms with van der Waals surface area (Å²) >= 11 is 1.83. The maximum Gasteiger partial charge on any atom is 0.274 e. The van der Waals surface area contributed by atoms with Gasteiger partial charge in [-0.2, -0.15) is 11.8 Å². The third-order valence-corrected chi connectivity index (χ3v) is 6.20. The van der Waals surface area contributed by atoms with Crippen LogP contribution in [0.15, 0.2) is 21.6 Å². The van der Waals surface area contributed by atoms with Gasteiger partial charge in [0.05, 0.1) is 6.54 Å². The standard InChI is InChI=1S/C13H22N2O3S2/c1-3-14-9-11-5-6-12(18-11)20(16,17)15-10-13(2)7-4-8-19-13/h5-6,14-15H,3-4,7-10H2,1-2H3. The minimum absolute atomic E-state index is 0.00278. The normalized spacial score (nSPS) is 23.3. The van der Waals surface area contributed by atoms with Crippen LogP contribution in [0.4, 0.5) is 0 Å². The smallest absolute Gasteiger partial charge is 0.274 e. The molecule has 0 aromatic carbocycles. The van der Waals surface area contributed by atoms with Gasteiger partial charge in [-0.25, -0.2) is 13.1 Å². The number of nitrogens with one attached hydrogen (secondary N) is 2. The van der Waals surface area contributed by atoms with Crippen LogP contribution in [0, 0.1) is 0 Å². The molecule has 7 heteroatoms. The van der Waals surface area contributed by atoms with Crippen molar-refractivity contribution in [2.24, 2.45) is 0 Å². The molecule has 1 aliphatic rings. The van der Waals surface area contributed by atoms with Crippen molar-refractivity contribution in [1.29, 1.82) is 0 Å². The number of rotatable bonds is 7. The fraction of sp³-hybridized carbons (Fsp3) is 0.692. The summed E-state index contributed by atoms with van der Waals surface area (Å²) in [6.07, 6.45) is 2.19. The zero-order valence-corrected chi connectivity index (χ0v) is 13.6. The molecule has 1 unspecified atom stereocenters. The van der Waals surface area contributed by atoms with Gasteiger partial charge in [-0.05, 0) is 44.2 Å². The highest BCUT2D eigenvalue weighted by Gasteiger charge is 2.31. The average molecular weight is 318 g/mol. The summed E-state index contributed by atoms with van der Waals surface area (Å²) in [4.78, 5) is 0. The molecule has 5 nitrogen and oxygen atoms in total. The van der Waals surface area contributed by atoms with Crippen LogP contribution in [0.25, 0.3) is 0 Å². The summed E-state index contributed by atoms with van der Waals surface area (Å²) in [7, 11) is -3.55. The lowest BCUT2D eigenvalue weighted by Crippen LogP contribution is -2.36. The van der Waals surface area contributed by atoms with Crippen LogP contribution < -0.4 is 10.0 Å². The van der Waals surface area contributed by atoms with E-state index in [1.165, 1.54) is 6.07 Å². The number of hydrogen-bond donors (Lipinski definition) is 2. The van der Waals surface area contributed by atoms with Crippen molar-refractivity contribution >= 4 is 21.8 Å². The molecule has 0 saturated carbocycles. The van der Waals surface area contributed by atoms with Crippen molar-refractivity contribution in [2.45, 2.75) is 43.1 Å². The van der Waals surface area contributed by atoms with E-state index in [-0.39, 0.29) is 9.84 Å². The van der Waals surface area contributed by atoms with E-state index in [4.69, 9.17) is 4.42 Å². The van der Waals surface area contributed by atoms with E-state index in [0.717, 1.165) is 25.1 Å². The van der Waals surface area contributed by atoms with E-state index in [1.807, 2.05) is 18.7 Å². The fourth-order valence-corrected chi connectivity index (χ4v) is 4.59. The van der Waals surface area contributed by atoms with Crippen LogP contribution in [-0.2, 0) is 16.6 Å². The number of hydrogen-bond acceptors (Lipinski definition) is 5. The summed E-state index contributed by atoms with van der Waals surface area (Å²) < 4.78 is 32.4. The molecule has 0 spiro atoms. The van der Waals surface area contributed by atoms with Crippen molar-refractivity contribution in [1.82, 2.24) is 10.0 Å². The van der Waals surface area contributed by atoms with Crippen LogP contribution in [0.1, 0.15) is 32.4 Å². The Balaban J connectivity index is 1.97. The Labute approximate surface area is 124 Å². The van der Waals surface area contributed by atoms with Gasteiger partial charge in [0.1, 0.15) is 5.76 Å². The summed E-state index contributed by atoms with van der Waals surface area (Å²) in [6, 6.07) is 3.21. The lowest BCUT2D eigenvalue weighted by atomic mass is 10.1. The summed E-state index contributed by atoms with van der Waals surface area (Å²) in [5.74, 6) is 1.74. The minimum atomic E-state index is -3.55. The first-order chi connectivity index (χ1) is 9.45. The van der Waals surface area contributed by atoms with Crippen LogP contribution in [0.2, 0.25) is 0 Å². The Kier molecular flexibility index (Phi) is 5.17. The Hall–Kier alpha value is -0.500. The maximum atomic E-state index is 12.2. The Morgan fingerprint density at radius 3 is 2.90 bits per heavy atom. The first-order valence-electron chi connectivity index (χ1n) is 6.88. The molecule has 1 atom stereocenters. The van der Waals surface area contributed by atoms with Gasteiger partial charge in [0.2, 0.25) is 5.09 Å². The molecule has 20 heavy (non-hydrogen) atoms. The van der Waals surface area contributed by atoms with Crippen molar-refractivity contribution in [3.63, 3.8) is 0 Å². The van der Waals surface area contributed by atoms with E-state index in [9.17, 15) is 8.42 Å². The molecular weight excluding hydrogens is 296 g/mol. The van der Waals surface area contributed by atoms with Crippen molar-refractivity contribution in [2.75, 3.05) is 18.8 Å². The second-order valence-corrected chi connectivity index (χ2v) is 8.61. The van der Waals surface area contributed by atoms with Gasteiger partial charge in [0, 0.05) is 11.3 Å². The van der Waals surface area contributed by atoms with Crippen LogP contribution in [0.3, 0.4) is 0 Å². The molecule has 0 radical (unpaired) electrons. The van der Waals surface area contributed by atoms with E-state index in [1.54, 1.807) is 6.07 Å². The Bertz CT molecular complexity index is 534. The number of thioether (sulfide) groups is 1. The van der Waals surface area contributed by atoms with E-state index in [2.05, 4.69) is 17.0 Å². The highest BCUT2D eigenvalue weighted by atomic mass is 32.2. The summed E-state index contributed by atoms with van der Waals surface area (Å²) in [6.45, 7) is 5.90. The lowest BCUT2D eigenvalue weighted by molar-refractivity contribution is 0.400. The molecule has 1 aliphatic heterocycles. The molecule has 1 fully saturated rings. The van der Waals surface area contributed by atoms with Crippen LogP contribution >= 0.6 is 11.8 Å². The first kappa shape index (κ1) is 15.9. The SMILES string of the molecule is CCNCc1ccc(S(=O)(=O)NCC2(C)CCCS2)o1. The Morgan fingerprint density at radius 2 is 2.25 bits per heavy atom. The maximum absolute atomic E-state index is 12.2. The van der Waals surface area contributed by atoms with Crippen LogP contribution in [0.5, 0.6) is 0 Å². The molecule has 1 aromatic heterocycles. The topological polar surface area (TPSA) is 71.3 Å². The molecule has 0 aliphatic carbocycles. The predicted octanol–water partition coefficient (Wildman–Crippen LogP) is 1.95. The highest BCUT2D eigenvalue weighted by molar-refractivity contribution is 8.01. The number of furan rings is 1. The molecule has 2 rings (SSSR count). The molecule has 1 aromatic rings.